The van der Waals surface area contributed by atoms with Crippen molar-refractivity contribution in [2.75, 3.05) is 31.6 Å². The second-order valence-electron chi connectivity index (χ2n) is 5.83. The zero-order valence-electron chi connectivity index (χ0n) is 11.8. The average Bonchev–Trinajstić information content (AvgIpc) is 2.61. The second-order valence-corrected chi connectivity index (χ2v) is 5.83. The van der Waals surface area contributed by atoms with Gasteiger partial charge in [0.25, 0.3) is 0 Å². The molecule has 3 heterocycles. The van der Waals surface area contributed by atoms with Gasteiger partial charge in [-0.25, -0.2) is 4.98 Å². The number of aromatic nitrogens is 1. The van der Waals surface area contributed by atoms with Gasteiger partial charge in [0, 0.05) is 32.3 Å². The topological polar surface area (TPSA) is 19.4 Å². The van der Waals surface area contributed by atoms with Gasteiger partial charge in [-0.2, -0.15) is 0 Å². The van der Waals surface area contributed by atoms with Crippen molar-refractivity contribution in [1.29, 1.82) is 0 Å². The van der Waals surface area contributed by atoms with Crippen molar-refractivity contribution >= 4 is 5.82 Å². The molecule has 1 aromatic heterocycles. The van der Waals surface area contributed by atoms with E-state index in [2.05, 4.69) is 58.2 Å². The number of benzene rings is 1. The van der Waals surface area contributed by atoms with Gasteiger partial charge in [0.05, 0.1) is 6.04 Å². The first kappa shape index (κ1) is 11.9. The zero-order valence-corrected chi connectivity index (χ0v) is 11.8. The zero-order chi connectivity index (χ0) is 13.5. The van der Waals surface area contributed by atoms with Crippen molar-refractivity contribution in [3.63, 3.8) is 0 Å². The van der Waals surface area contributed by atoms with Crippen LogP contribution in [0.25, 0.3) is 0 Å². The quantitative estimate of drug-likeness (QED) is 0.729. The van der Waals surface area contributed by atoms with E-state index < -0.39 is 0 Å². The molecule has 2 aliphatic heterocycles. The van der Waals surface area contributed by atoms with Crippen LogP contribution in [-0.4, -0.2) is 36.6 Å². The molecule has 1 atom stereocenters. The predicted molar refractivity (Wildman–Crippen MR) is 81.1 cm³/mol. The molecule has 0 amide bonds. The lowest BCUT2D eigenvalue weighted by Gasteiger charge is -2.41. The SMILES string of the molecule is CN1CCN2c3ncccc3Cc3ccccc3[C@@H]2C1. The third kappa shape index (κ3) is 1.81. The molecule has 3 nitrogen and oxygen atoms in total. The molecule has 20 heavy (non-hydrogen) atoms. The third-order valence-corrected chi connectivity index (χ3v) is 4.52. The Morgan fingerprint density at radius 2 is 1.90 bits per heavy atom. The van der Waals surface area contributed by atoms with Gasteiger partial charge in [0.1, 0.15) is 5.82 Å². The molecule has 2 aromatic rings. The fourth-order valence-corrected chi connectivity index (χ4v) is 3.49. The molecule has 3 heteroatoms. The Morgan fingerprint density at radius 1 is 1.05 bits per heavy atom. The summed E-state index contributed by atoms with van der Waals surface area (Å²) in [6, 6.07) is 13.6. The summed E-state index contributed by atoms with van der Waals surface area (Å²) >= 11 is 0. The Hall–Kier alpha value is -1.87. The smallest absolute Gasteiger partial charge is 0.132 e. The maximum absolute atomic E-state index is 4.68. The third-order valence-electron chi connectivity index (χ3n) is 4.52. The van der Waals surface area contributed by atoms with Gasteiger partial charge >= 0.3 is 0 Å². The number of likely N-dealkylation sites (N-methyl/N-ethyl adjacent to an activating group) is 1. The molecule has 1 fully saturated rings. The van der Waals surface area contributed by atoms with E-state index in [1.54, 1.807) is 0 Å². The lowest BCUT2D eigenvalue weighted by molar-refractivity contribution is 0.268. The van der Waals surface area contributed by atoms with Crippen LogP contribution >= 0.6 is 0 Å². The Bertz CT molecular complexity index is 638. The molecule has 0 N–H and O–H groups in total. The van der Waals surface area contributed by atoms with Crippen molar-refractivity contribution in [1.82, 2.24) is 9.88 Å². The van der Waals surface area contributed by atoms with Crippen molar-refractivity contribution in [2.45, 2.75) is 12.5 Å². The fraction of sp³-hybridized carbons (Fsp3) is 0.353. The van der Waals surface area contributed by atoms with Crippen LogP contribution in [0.2, 0.25) is 0 Å². The van der Waals surface area contributed by atoms with E-state index in [0.717, 1.165) is 26.1 Å². The lowest BCUT2D eigenvalue weighted by Crippen LogP contribution is -2.47. The molecule has 1 saturated heterocycles. The molecule has 0 unspecified atom stereocenters. The maximum atomic E-state index is 4.68. The summed E-state index contributed by atoms with van der Waals surface area (Å²) in [7, 11) is 2.21. The molecule has 0 saturated carbocycles. The van der Waals surface area contributed by atoms with E-state index >= 15 is 0 Å². The molecule has 0 spiro atoms. The van der Waals surface area contributed by atoms with Gasteiger partial charge in [-0.05, 0) is 29.8 Å². The van der Waals surface area contributed by atoms with Gasteiger partial charge in [0.15, 0.2) is 0 Å². The van der Waals surface area contributed by atoms with Gasteiger partial charge in [-0.15, -0.1) is 0 Å². The highest BCUT2D eigenvalue weighted by atomic mass is 15.3. The van der Waals surface area contributed by atoms with Crippen LogP contribution in [0.1, 0.15) is 22.7 Å². The van der Waals surface area contributed by atoms with E-state index in [-0.39, 0.29) is 0 Å². The minimum absolute atomic E-state index is 0.432. The van der Waals surface area contributed by atoms with Crippen molar-refractivity contribution in [3.05, 3.63) is 59.3 Å². The average molecular weight is 265 g/mol. The Kier molecular flexibility index (Phi) is 2.74. The van der Waals surface area contributed by atoms with Crippen LogP contribution in [0.3, 0.4) is 0 Å². The lowest BCUT2D eigenvalue weighted by atomic mass is 9.96. The number of fused-ring (bicyclic) bond motifs is 5. The Labute approximate surface area is 119 Å². The predicted octanol–water partition coefficient (Wildman–Crippen LogP) is 2.48. The van der Waals surface area contributed by atoms with Crippen LogP contribution in [0, 0.1) is 0 Å². The second kappa shape index (κ2) is 4.60. The van der Waals surface area contributed by atoms with Crippen molar-refractivity contribution < 1.29 is 0 Å². The molecular formula is C17H19N3. The molecule has 2 aliphatic rings. The highest BCUT2D eigenvalue weighted by Gasteiger charge is 2.32. The summed E-state index contributed by atoms with van der Waals surface area (Å²) in [5.74, 6) is 1.18. The Morgan fingerprint density at radius 3 is 2.85 bits per heavy atom. The highest BCUT2D eigenvalue weighted by molar-refractivity contribution is 5.56. The first-order valence-electron chi connectivity index (χ1n) is 7.30. The monoisotopic (exact) mass is 265 g/mol. The minimum Gasteiger partial charge on any atom is -0.347 e. The minimum atomic E-state index is 0.432. The number of rotatable bonds is 0. The highest BCUT2D eigenvalue weighted by Crippen LogP contribution is 2.37. The number of anilines is 1. The number of hydrogen-bond donors (Lipinski definition) is 0. The van der Waals surface area contributed by atoms with E-state index in [1.165, 1.54) is 22.5 Å². The first-order chi connectivity index (χ1) is 9.83. The van der Waals surface area contributed by atoms with Gasteiger partial charge in [-0.3, -0.25) is 0 Å². The van der Waals surface area contributed by atoms with E-state index in [1.807, 2.05) is 6.20 Å². The largest absolute Gasteiger partial charge is 0.347 e. The normalized spacial score (nSPS) is 21.6. The van der Waals surface area contributed by atoms with Crippen molar-refractivity contribution in [2.24, 2.45) is 0 Å². The molecule has 1 aromatic carbocycles. The summed E-state index contributed by atoms with van der Waals surface area (Å²) in [6.07, 6.45) is 2.92. The summed E-state index contributed by atoms with van der Waals surface area (Å²) in [5.41, 5.74) is 4.27. The molecule has 4 rings (SSSR count). The van der Waals surface area contributed by atoms with Crippen LogP contribution in [0.5, 0.6) is 0 Å². The van der Waals surface area contributed by atoms with Crippen LogP contribution < -0.4 is 4.90 Å². The van der Waals surface area contributed by atoms with E-state index in [0.29, 0.717) is 6.04 Å². The van der Waals surface area contributed by atoms with Gasteiger partial charge < -0.3 is 9.80 Å². The number of pyridine rings is 1. The first-order valence-corrected chi connectivity index (χ1v) is 7.30. The van der Waals surface area contributed by atoms with Crippen LogP contribution in [0.4, 0.5) is 5.82 Å². The number of nitrogens with zero attached hydrogens (tertiary/aromatic N) is 3. The maximum Gasteiger partial charge on any atom is 0.132 e. The molecule has 0 radical (unpaired) electrons. The fourth-order valence-electron chi connectivity index (χ4n) is 3.49. The van der Waals surface area contributed by atoms with E-state index in [9.17, 15) is 0 Å². The molecule has 102 valence electrons. The van der Waals surface area contributed by atoms with Gasteiger partial charge in [-0.1, -0.05) is 30.3 Å². The summed E-state index contributed by atoms with van der Waals surface area (Å²) < 4.78 is 0. The standard InChI is InChI=1S/C17H19N3/c1-19-9-10-20-16(12-19)15-7-3-2-5-13(15)11-14-6-4-8-18-17(14)20/h2-8,16H,9-12H2,1H3/t16-/m0/s1. The van der Waals surface area contributed by atoms with Crippen LogP contribution in [-0.2, 0) is 6.42 Å². The molecule has 0 aliphatic carbocycles. The number of hydrogen-bond acceptors (Lipinski definition) is 3. The molecule has 0 bridgehead atoms. The van der Waals surface area contributed by atoms with Crippen LogP contribution in [0.15, 0.2) is 42.6 Å². The van der Waals surface area contributed by atoms with E-state index in [4.69, 9.17) is 0 Å². The van der Waals surface area contributed by atoms with Crippen molar-refractivity contribution in [3.8, 4) is 0 Å². The number of piperazine rings is 1. The summed E-state index contributed by atoms with van der Waals surface area (Å²) in [4.78, 5) is 9.60. The van der Waals surface area contributed by atoms with Gasteiger partial charge in [0.2, 0.25) is 0 Å². The summed E-state index contributed by atoms with van der Waals surface area (Å²) in [5, 5.41) is 0. The summed E-state index contributed by atoms with van der Waals surface area (Å²) in [6.45, 7) is 3.24. The molecular weight excluding hydrogens is 246 g/mol. The Balaban J connectivity index is 1.90.